The standard InChI is InChI=1S/C10H14N2O2/c13-8-9-1-2-11-10(7-9)12-3-5-14-6-4-12/h1-2,7,13H,3-6,8H2/p+1. The first kappa shape index (κ1) is 9.43. The van der Waals surface area contributed by atoms with Gasteiger partial charge in [0, 0.05) is 6.07 Å². The molecule has 14 heavy (non-hydrogen) atoms. The number of anilines is 1. The summed E-state index contributed by atoms with van der Waals surface area (Å²) >= 11 is 0. The van der Waals surface area contributed by atoms with Crippen LogP contribution in [0.2, 0.25) is 0 Å². The highest BCUT2D eigenvalue weighted by Crippen LogP contribution is 2.10. The Hall–Kier alpha value is -1.13. The lowest BCUT2D eigenvalue weighted by Gasteiger charge is -2.21. The van der Waals surface area contributed by atoms with E-state index in [0.717, 1.165) is 37.7 Å². The molecule has 4 nitrogen and oxygen atoms in total. The molecule has 4 heteroatoms. The van der Waals surface area contributed by atoms with Crippen LogP contribution in [0, 0.1) is 0 Å². The Labute approximate surface area is 83.1 Å². The highest BCUT2D eigenvalue weighted by atomic mass is 16.5. The summed E-state index contributed by atoms with van der Waals surface area (Å²) in [5.74, 6) is 1.06. The lowest BCUT2D eigenvalue weighted by Crippen LogP contribution is -2.39. The van der Waals surface area contributed by atoms with E-state index in [1.54, 1.807) is 0 Å². The van der Waals surface area contributed by atoms with Gasteiger partial charge in [0.25, 0.3) is 5.82 Å². The number of rotatable bonds is 2. The summed E-state index contributed by atoms with van der Waals surface area (Å²) in [6, 6.07) is 3.86. The first-order valence-electron chi connectivity index (χ1n) is 4.84. The molecular formula is C10H15N2O2+. The van der Waals surface area contributed by atoms with Crippen molar-refractivity contribution in [2.24, 2.45) is 0 Å². The lowest BCUT2D eigenvalue weighted by atomic mass is 10.2. The van der Waals surface area contributed by atoms with Crippen LogP contribution in [0.3, 0.4) is 0 Å². The maximum absolute atomic E-state index is 9.00. The molecule has 1 aliphatic heterocycles. The van der Waals surface area contributed by atoms with Gasteiger partial charge in [-0.25, -0.2) is 4.98 Å². The van der Waals surface area contributed by atoms with Crippen molar-refractivity contribution in [3.8, 4) is 0 Å². The molecule has 1 fully saturated rings. The molecule has 0 bridgehead atoms. The van der Waals surface area contributed by atoms with Gasteiger partial charge >= 0.3 is 0 Å². The maximum atomic E-state index is 9.00. The van der Waals surface area contributed by atoms with Crippen LogP contribution < -0.4 is 9.88 Å². The van der Waals surface area contributed by atoms with Gasteiger partial charge in [-0.1, -0.05) is 0 Å². The van der Waals surface area contributed by atoms with E-state index in [1.807, 2.05) is 18.3 Å². The Balaban J connectivity index is 2.13. The first-order chi connectivity index (χ1) is 6.90. The number of morpholine rings is 1. The number of ether oxygens (including phenoxy) is 1. The van der Waals surface area contributed by atoms with Gasteiger partial charge < -0.3 is 9.84 Å². The molecule has 0 saturated carbocycles. The fourth-order valence-corrected chi connectivity index (χ4v) is 1.58. The van der Waals surface area contributed by atoms with Crippen molar-refractivity contribution < 1.29 is 14.8 Å². The average molecular weight is 195 g/mol. The zero-order chi connectivity index (χ0) is 9.80. The summed E-state index contributed by atoms with van der Waals surface area (Å²) < 4.78 is 5.27. The summed E-state index contributed by atoms with van der Waals surface area (Å²) in [5.41, 5.74) is 0.935. The Bertz CT molecular complexity index is 298. The van der Waals surface area contributed by atoms with Crippen molar-refractivity contribution in [2.45, 2.75) is 6.61 Å². The quantitative estimate of drug-likeness (QED) is 0.712. The second kappa shape index (κ2) is 4.39. The normalized spacial score (nSPS) is 17.1. The molecule has 0 radical (unpaired) electrons. The third kappa shape index (κ3) is 2.02. The Morgan fingerprint density at radius 1 is 1.43 bits per heavy atom. The predicted octanol–water partition coefficient (Wildman–Crippen LogP) is -0.170. The van der Waals surface area contributed by atoms with Gasteiger partial charge in [0.15, 0.2) is 0 Å². The molecule has 0 amide bonds. The van der Waals surface area contributed by atoms with E-state index in [2.05, 4.69) is 9.88 Å². The van der Waals surface area contributed by atoms with E-state index < -0.39 is 0 Å². The van der Waals surface area contributed by atoms with E-state index in [1.165, 1.54) is 0 Å². The molecule has 1 aromatic heterocycles. The van der Waals surface area contributed by atoms with Gasteiger partial charge in [-0.05, 0) is 11.6 Å². The summed E-state index contributed by atoms with van der Waals surface area (Å²) in [5, 5.41) is 9.00. The third-order valence-corrected chi connectivity index (χ3v) is 2.39. The molecular weight excluding hydrogens is 180 g/mol. The number of hydrogen-bond donors (Lipinski definition) is 1. The van der Waals surface area contributed by atoms with Crippen molar-refractivity contribution in [3.63, 3.8) is 0 Å². The van der Waals surface area contributed by atoms with Gasteiger partial charge in [-0.15, -0.1) is 0 Å². The molecule has 2 N–H and O–H groups in total. The van der Waals surface area contributed by atoms with Gasteiger partial charge in [0.1, 0.15) is 13.1 Å². The van der Waals surface area contributed by atoms with Crippen LogP contribution in [0.15, 0.2) is 18.3 Å². The molecule has 0 unspecified atom stereocenters. The van der Waals surface area contributed by atoms with E-state index in [0.29, 0.717) is 0 Å². The Morgan fingerprint density at radius 3 is 2.93 bits per heavy atom. The summed E-state index contributed by atoms with van der Waals surface area (Å²) in [4.78, 5) is 5.40. The van der Waals surface area contributed by atoms with Crippen LogP contribution in [-0.2, 0) is 11.3 Å². The molecule has 1 aromatic rings. The highest BCUT2D eigenvalue weighted by molar-refractivity contribution is 5.35. The first-order valence-corrected chi connectivity index (χ1v) is 4.84. The second-order valence-corrected chi connectivity index (χ2v) is 3.34. The average Bonchev–Trinajstić information content (AvgIpc) is 2.30. The van der Waals surface area contributed by atoms with E-state index in [9.17, 15) is 0 Å². The Kier molecular flexibility index (Phi) is 2.96. The number of H-pyrrole nitrogens is 1. The molecule has 1 saturated heterocycles. The summed E-state index contributed by atoms with van der Waals surface area (Å²) in [6.07, 6.45) is 1.86. The van der Waals surface area contributed by atoms with Gasteiger partial charge in [-0.2, -0.15) is 0 Å². The Morgan fingerprint density at radius 2 is 2.21 bits per heavy atom. The number of aliphatic hydroxyl groups excluding tert-OH is 1. The number of nitrogens with zero attached hydrogens (tertiary/aromatic N) is 1. The highest BCUT2D eigenvalue weighted by Gasteiger charge is 2.18. The fraction of sp³-hybridized carbons (Fsp3) is 0.500. The minimum absolute atomic E-state index is 0.0893. The van der Waals surface area contributed by atoms with Crippen LogP contribution in [0.1, 0.15) is 5.56 Å². The van der Waals surface area contributed by atoms with Crippen molar-refractivity contribution in [1.82, 2.24) is 0 Å². The third-order valence-electron chi connectivity index (χ3n) is 2.39. The lowest BCUT2D eigenvalue weighted by molar-refractivity contribution is -0.364. The van der Waals surface area contributed by atoms with Crippen molar-refractivity contribution in [2.75, 3.05) is 31.2 Å². The van der Waals surface area contributed by atoms with E-state index in [4.69, 9.17) is 9.84 Å². The monoisotopic (exact) mass is 195 g/mol. The molecule has 0 atom stereocenters. The number of aromatic amines is 1. The largest absolute Gasteiger partial charge is 0.392 e. The smallest absolute Gasteiger partial charge is 0.274 e. The van der Waals surface area contributed by atoms with Gasteiger partial charge in [-0.3, -0.25) is 4.90 Å². The molecule has 0 spiro atoms. The van der Waals surface area contributed by atoms with Crippen LogP contribution in [0.5, 0.6) is 0 Å². The van der Waals surface area contributed by atoms with E-state index >= 15 is 0 Å². The summed E-state index contributed by atoms with van der Waals surface area (Å²) in [7, 11) is 0. The summed E-state index contributed by atoms with van der Waals surface area (Å²) in [6.45, 7) is 3.46. The predicted molar refractivity (Wildman–Crippen MR) is 52.0 cm³/mol. The number of hydrogen-bond acceptors (Lipinski definition) is 3. The number of aromatic nitrogens is 1. The molecule has 1 aliphatic rings. The number of nitrogens with one attached hydrogen (secondary N) is 1. The number of pyridine rings is 1. The minimum Gasteiger partial charge on any atom is -0.392 e. The van der Waals surface area contributed by atoms with Gasteiger partial charge in [0.2, 0.25) is 0 Å². The van der Waals surface area contributed by atoms with Crippen molar-refractivity contribution in [3.05, 3.63) is 23.9 Å². The van der Waals surface area contributed by atoms with Crippen LogP contribution >= 0.6 is 0 Å². The molecule has 2 rings (SSSR count). The fourth-order valence-electron chi connectivity index (χ4n) is 1.58. The van der Waals surface area contributed by atoms with Crippen molar-refractivity contribution >= 4 is 5.82 Å². The molecule has 2 heterocycles. The molecule has 76 valence electrons. The topological polar surface area (TPSA) is 46.8 Å². The number of aliphatic hydroxyl groups is 1. The molecule has 0 aromatic carbocycles. The van der Waals surface area contributed by atoms with Crippen LogP contribution in [0.25, 0.3) is 0 Å². The van der Waals surface area contributed by atoms with Crippen LogP contribution in [-0.4, -0.2) is 31.4 Å². The van der Waals surface area contributed by atoms with Crippen LogP contribution in [0.4, 0.5) is 5.82 Å². The second-order valence-electron chi connectivity index (χ2n) is 3.34. The zero-order valence-corrected chi connectivity index (χ0v) is 8.07. The molecule has 0 aliphatic carbocycles. The maximum Gasteiger partial charge on any atom is 0.274 e. The van der Waals surface area contributed by atoms with Crippen molar-refractivity contribution in [1.29, 1.82) is 0 Å². The zero-order valence-electron chi connectivity index (χ0n) is 8.07. The van der Waals surface area contributed by atoms with E-state index in [-0.39, 0.29) is 6.61 Å². The van der Waals surface area contributed by atoms with Gasteiger partial charge in [0.05, 0.1) is 26.0 Å². The SMILES string of the molecule is OCc1cc[nH+]c(N2CCOCC2)c1. The minimum atomic E-state index is 0.0893.